The topological polar surface area (TPSA) is 104 Å². The fourth-order valence-electron chi connectivity index (χ4n) is 3.74. The van der Waals surface area contributed by atoms with Gasteiger partial charge in [0.05, 0.1) is 24.6 Å². The zero-order valence-corrected chi connectivity index (χ0v) is 17.6. The Morgan fingerprint density at radius 3 is 2.53 bits per heavy atom. The first-order valence-electron chi connectivity index (χ1n) is 10.8. The number of aromatic nitrogens is 3. The van der Waals surface area contributed by atoms with Gasteiger partial charge in [0.2, 0.25) is 5.95 Å². The average Bonchev–Trinajstić information content (AvgIpc) is 3.70. The smallest absolute Gasteiger partial charge is 0.254 e. The van der Waals surface area contributed by atoms with E-state index in [-0.39, 0.29) is 11.8 Å². The van der Waals surface area contributed by atoms with Gasteiger partial charge in [0, 0.05) is 60.0 Å². The maximum absolute atomic E-state index is 13.0. The number of morpholine rings is 1. The van der Waals surface area contributed by atoms with Gasteiger partial charge in [0.15, 0.2) is 0 Å². The molecule has 0 spiro atoms. The van der Waals surface area contributed by atoms with Crippen LogP contribution >= 0.6 is 0 Å². The number of nitrogens with one attached hydrogen (secondary N) is 2. The molecule has 1 aromatic carbocycles. The molecule has 8 heteroatoms. The number of amides is 1. The number of anilines is 2. The average molecular weight is 428 g/mol. The van der Waals surface area contributed by atoms with E-state index in [0.29, 0.717) is 49.2 Å². The quantitative estimate of drug-likeness (QED) is 0.582. The fraction of sp³-hybridized carbons (Fsp3) is 0.292. The molecule has 0 atom stereocenters. The van der Waals surface area contributed by atoms with Crippen LogP contribution in [-0.4, -0.2) is 57.8 Å². The van der Waals surface area contributed by atoms with Crippen LogP contribution in [0.25, 0.3) is 11.3 Å². The highest BCUT2D eigenvalue weighted by atomic mass is 16.5. The second kappa shape index (κ2) is 8.84. The monoisotopic (exact) mass is 428 g/mol. The van der Waals surface area contributed by atoms with Crippen LogP contribution in [0.3, 0.4) is 0 Å². The van der Waals surface area contributed by atoms with Crippen molar-refractivity contribution >= 4 is 23.3 Å². The molecule has 1 amide bonds. The number of hydrogen-bond donors (Lipinski definition) is 2. The number of carbonyl (C=O) groups is 1. The van der Waals surface area contributed by atoms with Gasteiger partial charge in [-0.25, -0.2) is 9.97 Å². The Morgan fingerprint density at radius 1 is 1.06 bits per heavy atom. The molecule has 0 unspecified atom stereocenters. The molecule has 8 nitrogen and oxygen atoms in total. The van der Waals surface area contributed by atoms with E-state index in [1.807, 2.05) is 24.3 Å². The summed E-state index contributed by atoms with van der Waals surface area (Å²) < 4.78 is 5.36. The van der Waals surface area contributed by atoms with Crippen LogP contribution in [0, 0.1) is 11.3 Å². The van der Waals surface area contributed by atoms with Crippen LogP contribution in [0.1, 0.15) is 28.8 Å². The molecule has 2 aliphatic rings. The van der Waals surface area contributed by atoms with E-state index in [2.05, 4.69) is 20.3 Å². The molecule has 162 valence electrons. The SMILES string of the molecule is N=C(c1ccc(C(=O)N2CCOCC2)cc1Nc1ncc(-c2ccccn2)cn1)C1CC1. The molecule has 2 aromatic heterocycles. The third kappa shape index (κ3) is 4.36. The number of benzene rings is 1. The number of nitrogens with zero attached hydrogens (tertiary/aromatic N) is 4. The lowest BCUT2D eigenvalue weighted by atomic mass is 10.0. The summed E-state index contributed by atoms with van der Waals surface area (Å²) in [7, 11) is 0. The number of hydrogen-bond acceptors (Lipinski definition) is 7. The Morgan fingerprint density at radius 2 is 1.84 bits per heavy atom. The molecule has 3 heterocycles. The van der Waals surface area contributed by atoms with Crippen molar-refractivity contribution in [2.24, 2.45) is 5.92 Å². The minimum Gasteiger partial charge on any atom is -0.378 e. The largest absolute Gasteiger partial charge is 0.378 e. The number of pyridine rings is 1. The standard InChI is InChI=1S/C24H24N6O2/c25-22(16-4-5-16)19-7-6-17(23(31)30-9-11-32-12-10-30)13-21(19)29-24-27-14-18(15-28-24)20-3-1-2-8-26-20/h1-3,6-8,13-16,25H,4-5,9-12H2,(H,27,28,29). The molecule has 1 aliphatic carbocycles. The molecular weight excluding hydrogens is 404 g/mol. The van der Waals surface area contributed by atoms with E-state index in [0.717, 1.165) is 29.7 Å². The predicted octanol–water partition coefficient (Wildman–Crippen LogP) is 3.53. The molecular formula is C24H24N6O2. The van der Waals surface area contributed by atoms with Crippen molar-refractivity contribution in [3.05, 3.63) is 66.1 Å². The highest BCUT2D eigenvalue weighted by Crippen LogP contribution is 2.35. The first kappa shape index (κ1) is 20.3. The van der Waals surface area contributed by atoms with E-state index in [4.69, 9.17) is 10.1 Å². The molecule has 5 rings (SSSR count). The Labute approximate surface area is 186 Å². The second-order valence-electron chi connectivity index (χ2n) is 7.99. The minimum absolute atomic E-state index is 0.0349. The lowest BCUT2D eigenvalue weighted by Gasteiger charge is -2.27. The van der Waals surface area contributed by atoms with Gasteiger partial charge < -0.3 is 20.4 Å². The molecule has 1 saturated heterocycles. The predicted molar refractivity (Wildman–Crippen MR) is 121 cm³/mol. The molecule has 32 heavy (non-hydrogen) atoms. The molecule has 1 aliphatic heterocycles. The van der Waals surface area contributed by atoms with Crippen molar-refractivity contribution in [3.8, 4) is 11.3 Å². The molecule has 3 aromatic rings. The van der Waals surface area contributed by atoms with Gasteiger partial charge in [0.25, 0.3) is 5.91 Å². The highest BCUT2D eigenvalue weighted by molar-refractivity contribution is 6.07. The summed E-state index contributed by atoms with van der Waals surface area (Å²) in [5, 5.41) is 11.8. The van der Waals surface area contributed by atoms with Crippen molar-refractivity contribution < 1.29 is 9.53 Å². The molecule has 0 radical (unpaired) electrons. The van der Waals surface area contributed by atoms with Gasteiger partial charge in [-0.15, -0.1) is 0 Å². The normalized spacial score (nSPS) is 15.9. The van der Waals surface area contributed by atoms with Crippen molar-refractivity contribution in [1.29, 1.82) is 5.41 Å². The Hall–Kier alpha value is -3.65. The van der Waals surface area contributed by atoms with E-state index < -0.39 is 0 Å². The van der Waals surface area contributed by atoms with Crippen molar-refractivity contribution in [2.75, 3.05) is 31.6 Å². The van der Waals surface area contributed by atoms with Crippen molar-refractivity contribution in [3.63, 3.8) is 0 Å². The van der Waals surface area contributed by atoms with E-state index >= 15 is 0 Å². The van der Waals surface area contributed by atoms with Crippen LogP contribution in [0.15, 0.2) is 55.0 Å². The Kier molecular flexibility index (Phi) is 5.60. The first-order chi connectivity index (χ1) is 15.7. The molecule has 0 bridgehead atoms. The minimum atomic E-state index is -0.0349. The number of carbonyl (C=O) groups excluding carboxylic acids is 1. The zero-order valence-electron chi connectivity index (χ0n) is 17.6. The lowest BCUT2D eigenvalue weighted by molar-refractivity contribution is 0.0303. The summed E-state index contributed by atoms with van der Waals surface area (Å²) in [6.45, 7) is 2.27. The van der Waals surface area contributed by atoms with Gasteiger partial charge in [-0.1, -0.05) is 12.1 Å². The van der Waals surface area contributed by atoms with Crippen LogP contribution in [0.4, 0.5) is 11.6 Å². The first-order valence-corrected chi connectivity index (χ1v) is 10.8. The van der Waals surface area contributed by atoms with Gasteiger partial charge in [-0.2, -0.15) is 0 Å². The van der Waals surface area contributed by atoms with E-state index in [1.165, 1.54) is 0 Å². The maximum Gasteiger partial charge on any atom is 0.254 e. The molecule has 2 N–H and O–H groups in total. The van der Waals surface area contributed by atoms with Gasteiger partial charge >= 0.3 is 0 Å². The summed E-state index contributed by atoms with van der Waals surface area (Å²) in [6, 6.07) is 11.2. The van der Waals surface area contributed by atoms with Crippen LogP contribution < -0.4 is 5.32 Å². The lowest BCUT2D eigenvalue weighted by Crippen LogP contribution is -2.40. The summed E-state index contributed by atoms with van der Waals surface area (Å²) in [5.74, 6) is 0.654. The van der Waals surface area contributed by atoms with E-state index in [9.17, 15) is 4.79 Å². The molecule has 1 saturated carbocycles. The van der Waals surface area contributed by atoms with Crippen LogP contribution in [0.5, 0.6) is 0 Å². The van der Waals surface area contributed by atoms with Gasteiger partial charge in [-0.3, -0.25) is 9.78 Å². The van der Waals surface area contributed by atoms with Crippen LogP contribution in [0.2, 0.25) is 0 Å². The zero-order chi connectivity index (χ0) is 21.9. The Balaban J connectivity index is 1.42. The summed E-state index contributed by atoms with van der Waals surface area (Å²) in [4.78, 5) is 28.0. The third-order valence-electron chi connectivity index (χ3n) is 5.70. The van der Waals surface area contributed by atoms with Gasteiger partial charge in [0.1, 0.15) is 0 Å². The van der Waals surface area contributed by atoms with Crippen molar-refractivity contribution in [1.82, 2.24) is 19.9 Å². The summed E-state index contributed by atoms with van der Waals surface area (Å²) in [6.07, 6.45) is 7.22. The highest BCUT2D eigenvalue weighted by Gasteiger charge is 2.29. The van der Waals surface area contributed by atoms with Crippen molar-refractivity contribution in [2.45, 2.75) is 12.8 Å². The summed E-state index contributed by atoms with van der Waals surface area (Å²) in [5.41, 5.74) is 4.23. The van der Waals surface area contributed by atoms with Crippen LogP contribution in [-0.2, 0) is 4.74 Å². The number of ether oxygens (including phenoxy) is 1. The third-order valence-corrected chi connectivity index (χ3v) is 5.70. The van der Waals surface area contributed by atoms with Gasteiger partial charge in [-0.05, 0) is 37.1 Å². The Bertz CT molecular complexity index is 1120. The summed E-state index contributed by atoms with van der Waals surface area (Å²) >= 11 is 0. The number of rotatable bonds is 6. The second-order valence-corrected chi connectivity index (χ2v) is 7.99. The van der Waals surface area contributed by atoms with E-state index in [1.54, 1.807) is 35.6 Å². The fourth-order valence-corrected chi connectivity index (χ4v) is 3.74. The molecule has 2 fully saturated rings. The maximum atomic E-state index is 13.0.